The molecule has 0 radical (unpaired) electrons. The number of hydrogen-bond acceptors (Lipinski definition) is 3. The summed E-state index contributed by atoms with van der Waals surface area (Å²) in [5.41, 5.74) is 2.35. The first-order valence-corrected chi connectivity index (χ1v) is 7.05. The topological polar surface area (TPSA) is 45.2 Å². The first kappa shape index (κ1) is 14.7. The summed E-state index contributed by atoms with van der Waals surface area (Å²) in [7, 11) is 0. The van der Waals surface area contributed by atoms with E-state index in [1.54, 1.807) is 0 Å². The molecule has 1 unspecified atom stereocenters. The lowest BCUT2D eigenvalue weighted by atomic mass is 9.96. The molecule has 0 saturated carbocycles. The fraction of sp³-hybridized carbons (Fsp3) is 0.353. The summed E-state index contributed by atoms with van der Waals surface area (Å²) in [6.07, 6.45) is 2.78. The van der Waals surface area contributed by atoms with Gasteiger partial charge in [-0.05, 0) is 30.5 Å². The second-order valence-corrected chi connectivity index (χ2v) is 5.21. The maximum absolute atomic E-state index is 10.5. The van der Waals surface area contributed by atoms with Crippen LogP contribution in [-0.2, 0) is 18.6 Å². The number of nitrogens with one attached hydrogen (secondary N) is 1. The molecule has 0 amide bonds. The average Bonchev–Trinajstić information content (AvgIpc) is 2.48. The highest BCUT2D eigenvalue weighted by atomic mass is 16.3. The van der Waals surface area contributed by atoms with Crippen LogP contribution < -0.4 is 5.32 Å². The molecule has 0 spiro atoms. The van der Waals surface area contributed by atoms with Crippen LogP contribution in [0.25, 0.3) is 0 Å². The SMILES string of the molecule is CCc1cccnc1CNCC(C)(O)c1ccccc1. The van der Waals surface area contributed by atoms with Gasteiger partial charge in [0.15, 0.2) is 0 Å². The van der Waals surface area contributed by atoms with Gasteiger partial charge in [0.05, 0.1) is 11.3 Å². The van der Waals surface area contributed by atoms with Crippen molar-refractivity contribution in [3.63, 3.8) is 0 Å². The van der Waals surface area contributed by atoms with Crippen LogP contribution in [-0.4, -0.2) is 16.6 Å². The Bertz CT molecular complexity index is 538. The smallest absolute Gasteiger partial charge is 0.0992 e. The number of hydrogen-bond donors (Lipinski definition) is 2. The number of benzene rings is 1. The number of aromatic nitrogens is 1. The van der Waals surface area contributed by atoms with Crippen LogP contribution in [0.5, 0.6) is 0 Å². The Morgan fingerprint density at radius 3 is 2.60 bits per heavy atom. The van der Waals surface area contributed by atoms with Gasteiger partial charge in [-0.2, -0.15) is 0 Å². The molecular formula is C17H22N2O. The van der Waals surface area contributed by atoms with Crippen molar-refractivity contribution < 1.29 is 5.11 Å². The molecule has 1 aromatic carbocycles. The van der Waals surface area contributed by atoms with Crippen LogP contribution in [0.15, 0.2) is 48.7 Å². The second-order valence-electron chi connectivity index (χ2n) is 5.21. The minimum Gasteiger partial charge on any atom is -0.384 e. The molecule has 106 valence electrons. The lowest BCUT2D eigenvalue weighted by Gasteiger charge is -2.24. The van der Waals surface area contributed by atoms with Crippen LogP contribution in [0.2, 0.25) is 0 Å². The molecule has 2 rings (SSSR count). The van der Waals surface area contributed by atoms with Crippen molar-refractivity contribution in [2.75, 3.05) is 6.54 Å². The number of aliphatic hydroxyl groups is 1. The number of pyridine rings is 1. The fourth-order valence-electron chi connectivity index (χ4n) is 2.28. The molecule has 0 bridgehead atoms. The third-order valence-electron chi connectivity index (χ3n) is 3.52. The molecule has 0 aliphatic heterocycles. The molecule has 1 heterocycles. The minimum absolute atomic E-state index is 0.497. The van der Waals surface area contributed by atoms with E-state index < -0.39 is 5.60 Å². The summed E-state index contributed by atoms with van der Waals surface area (Å²) in [6.45, 7) is 5.12. The predicted octanol–water partition coefficient (Wildman–Crippen LogP) is 2.64. The monoisotopic (exact) mass is 270 g/mol. The number of rotatable bonds is 6. The van der Waals surface area contributed by atoms with Crippen LogP contribution in [0.3, 0.4) is 0 Å². The standard InChI is InChI=1S/C17H22N2O/c1-3-14-8-7-11-19-16(14)12-18-13-17(2,20)15-9-5-4-6-10-15/h4-11,18,20H,3,12-13H2,1-2H3. The Hall–Kier alpha value is -1.71. The van der Waals surface area contributed by atoms with Gasteiger partial charge in [-0.15, -0.1) is 0 Å². The average molecular weight is 270 g/mol. The zero-order valence-electron chi connectivity index (χ0n) is 12.1. The molecule has 3 heteroatoms. The highest BCUT2D eigenvalue weighted by molar-refractivity contribution is 5.22. The summed E-state index contributed by atoms with van der Waals surface area (Å²) >= 11 is 0. The van der Waals surface area contributed by atoms with E-state index in [0.717, 1.165) is 17.7 Å². The maximum atomic E-state index is 10.5. The first-order chi connectivity index (χ1) is 9.63. The van der Waals surface area contributed by atoms with Gasteiger partial charge in [0.2, 0.25) is 0 Å². The highest BCUT2D eigenvalue weighted by Gasteiger charge is 2.22. The predicted molar refractivity (Wildman–Crippen MR) is 81.3 cm³/mol. The van der Waals surface area contributed by atoms with Crippen molar-refractivity contribution in [2.24, 2.45) is 0 Å². The Labute approximate surface area is 120 Å². The third kappa shape index (κ3) is 3.65. The molecular weight excluding hydrogens is 248 g/mol. The van der Waals surface area contributed by atoms with E-state index in [0.29, 0.717) is 13.1 Å². The van der Waals surface area contributed by atoms with Crippen LogP contribution in [0.1, 0.15) is 30.7 Å². The maximum Gasteiger partial charge on any atom is 0.0992 e. The molecule has 2 N–H and O–H groups in total. The Morgan fingerprint density at radius 2 is 1.90 bits per heavy atom. The Morgan fingerprint density at radius 1 is 1.15 bits per heavy atom. The number of aryl methyl sites for hydroxylation is 1. The van der Waals surface area contributed by atoms with Gasteiger partial charge in [0, 0.05) is 19.3 Å². The number of nitrogens with zero attached hydrogens (tertiary/aromatic N) is 1. The lowest BCUT2D eigenvalue weighted by molar-refractivity contribution is 0.0566. The lowest BCUT2D eigenvalue weighted by Crippen LogP contribution is -2.35. The van der Waals surface area contributed by atoms with Crippen LogP contribution in [0, 0.1) is 0 Å². The summed E-state index contributed by atoms with van der Waals surface area (Å²) in [5.74, 6) is 0. The fourth-order valence-corrected chi connectivity index (χ4v) is 2.28. The van der Waals surface area contributed by atoms with Crippen molar-refractivity contribution in [3.8, 4) is 0 Å². The van der Waals surface area contributed by atoms with Crippen molar-refractivity contribution >= 4 is 0 Å². The van der Waals surface area contributed by atoms with Gasteiger partial charge in [-0.25, -0.2) is 0 Å². The van der Waals surface area contributed by atoms with E-state index in [9.17, 15) is 5.11 Å². The first-order valence-electron chi connectivity index (χ1n) is 7.05. The Kier molecular flexibility index (Phi) is 4.88. The quantitative estimate of drug-likeness (QED) is 0.848. The third-order valence-corrected chi connectivity index (χ3v) is 3.52. The highest BCUT2D eigenvalue weighted by Crippen LogP contribution is 2.19. The van der Waals surface area contributed by atoms with Gasteiger partial charge in [-0.3, -0.25) is 4.98 Å². The molecule has 0 aliphatic carbocycles. The van der Waals surface area contributed by atoms with Crippen molar-refractivity contribution in [1.82, 2.24) is 10.3 Å². The normalized spacial score (nSPS) is 13.9. The van der Waals surface area contributed by atoms with E-state index in [1.807, 2.05) is 49.5 Å². The van der Waals surface area contributed by atoms with Crippen LogP contribution in [0.4, 0.5) is 0 Å². The molecule has 20 heavy (non-hydrogen) atoms. The van der Waals surface area contributed by atoms with E-state index in [1.165, 1.54) is 5.56 Å². The zero-order valence-corrected chi connectivity index (χ0v) is 12.1. The van der Waals surface area contributed by atoms with Gasteiger partial charge in [0.1, 0.15) is 0 Å². The molecule has 0 fully saturated rings. The summed E-state index contributed by atoms with van der Waals surface area (Å²) in [5, 5.41) is 13.8. The van der Waals surface area contributed by atoms with Crippen molar-refractivity contribution in [2.45, 2.75) is 32.4 Å². The summed E-state index contributed by atoms with van der Waals surface area (Å²) in [6, 6.07) is 13.8. The molecule has 1 aromatic heterocycles. The largest absolute Gasteiger partial charge is 0.384 e. The molecule has 1 atom stereocenters. The van der Waals surface area contributed by atoms with E-state index in [2.05, 4.69) is 23.3 Å². The zero-order chi connectivity index (χ0) is 14.4. The van der Waals surface area contributed by atoms with Gasteiger partial charge in [-0.1, -0.05) is 43.3 Å². The van der Waals surface area contributed by atoms with Crippen molar-refractivity contribution in [3.05, 3.63) is 65.5 Å². The van der Waals surface area contributed by atoms with Gasteiger partial charge >= 0.3 is 0 Å². The van der Waals surface area contributed by atoms with E-state index in [4.69, 9.17) is 0 Å². The van der Waals surface area contributed by atoms with Crippen LogP contribution >= 0.6 is 0 Å². The minimum atomic E-state index is -0.873. The Balaban J connectivity index is 1.96. The van der Waals surface area contributed by atoms with E-state index in [-0.39, 0.29) is 0 Å². The molecule has 2 aromatic rings. The van der Waals surface area contributed by atoms with Gasteiger partial charge < -0.3 is 10.4 Å². The second kappa shape index (κ2) is 6.64. The molecule has 3 nitrogen and oxygen atoms in total. The summed E-state index contributed by atoms with van der Waals surface area (Å²) < 4.78 is 0. The van der Waals surface area contributed by atoms with Crippen molar-refractivity contribution in [1.29, 1.82) is 0 Å². The van der Waals surface area contributed by atoms with Gasteiger partial charge in [0.25, 0.3) is 0 Å². The molecule has 0 saturated heterocycles. The van der Waals surface area contributed by atoms with E-state index >= 15 is 0 Å². The summed E-state index contributed by atoms with van der Waals surface area (Å²) in [4.78, 5) is 4.40. The molecule has 0 aliphatic rings.